The van der Waals surface area contributed by atoms with Crippen molar-refractivity contribution in [3.8, 4) is 0 Å². The number of nitrogens with one attached hydrogen (secondary N) is 1. The lowest BCUT2D eigenvalue weighted by Gasteiger charge is -2.40. The Balaban J connectivity index is 2.63. The third-order valence-electron chi connectivity index (χ3n) is 3.58. The van der Waals surface area contributed by atoms with E-state index < -0.39 is 5.54 Å². The minimum absolute atomic E-state index is 0.110. The highest BCUT2D eigenvalue weighted by atomic mass is 16.5. The molecule has 4 heteroatoms. The van der Waals surface area contributed by atoms with Crippen molar-refractivity contribution < 1.29 is 9.53 Å². The molecule has 0 saturated carbocycles. The van der Waals surface area contributed by atoms with Crippen molar-refractivity contribution in [2.75, 3.05) is 32.8 Å². The van der Waals surface area contributed by atoms with E-state index in [1.54, 1.807) is 6.08 Å². The smallest absolute Gasteiger partial charge is 0.326 e. The summed E-state index contributed by atoms with van der Waals surface area (Å²) >= 11 is 0. The van der Waals surface area contributed by atoms with Gasteiger partial charge in [0.25, 0.3) is 0 Å². The second-order valence-corrected chi connectivity index (χ2v) is 5.67. The molecule has 4 nitrogen and oxygen atoms in total. The van der Waals surface area contributed by atoms with Crippen LogP contribution in [0.2, 0.25) is 0 Å². The summed E-state index contributed by atoms with van der Waals surface area (Å²) in [4.78, 5) is 14.6. The number of carbonyl (C=O) groups excluding carboxylic acids is 1. The number of nitrogens with zero attached hydrogens (tertiary/aromatic N) is 1. The fourth-order valence-electron chi connectivity index (χ4n) is 2.62. The van der Waals surface area contributed by atoms with Crippen molar-refractivity contribution in [3.05, 3.63) is 12.7 Å². The van der Waals surface area contributed by atoms with Gasteiger partial charge in [0, 0.05) is 26.2 Å². The van der Waals surface area contributed by atoms with Gasteiger partial charge in [-0.2, -0.15) is 0 Å². The molecule has 0 aromatic carbocycles. The predicted molar refractivity (Wildman–Crippen MR) is 78.1 cm³/mol. The van der Waals surface area contributed by atoms with Gasteiger partial charge in [-0.05, 0) is 25.7 Å². The van der Waals surface area contributed by atoms with Crippen molar-refractivity contribution in [3.63, 3.8) is 0 Å². The van der Waals surface area contributed by atoms with Crippen LogP contribution < -0.4 is 5.32 Å². The second kappa shape index (κ2) is 7.65. The van der Waals surface area contributed by atoms with Gasteiger partial charge in [0.2, 0.25) is 0 Å². The summed E-state index contributed by atoms with van der Waals surface area (Å²) in [6.07, 6.45) is 3.42. The molecule has 1 saturated heterocycles. The van der Waals surface area contributed by atoms with Crippen LogP contribution in [-0.2, 0) is 9.53 Å². The molecule has 19 heavy (non-hydrogen) atoms. The molecule has 1 fully saturated rings. The Labute approximate surface area is 117 Å². The lowest BCUT2D eigenvalue weighted by Crippen LogP contribution is -2.59. The molecule has 0 aliphatic carbocycles. The molecule has 0 unspecified atom stereocenters. The molecule has 110 valence electrons. The summed E-state index contributed by atoms with van der Waals surface area (Å²) in [6.45, 7) is 14.1. The summed E-state index contributed by atoms with van der Waals surface area (Å²) in [7, 11) is 0. The Kier molecular flexibility index (Phi) is 6.52. The van der Waals surface area contributed by atoms with Crippen molar-refractivity contribution in [1.29, 1.82) is 0 Å². The number of piperidine rings is 1. The molecule has 0 radical (unpaired) electrons. The first-order valence-electron chi connectivity index (χ1n) is 7.29. The van der Waals surface area contributed by atoms with E-state index in [-0.39, 0.29) is 5.97 Å². The Morgan fingerprint density at radius 1 is 1.47 bits per heavy atom. The van der Waals surface area contributed by atoms with Crippen LogP contribution >= 0.6 is 0 Å². The quantitative estimate of drug-likeness (QED) is 0.565. The first-order valence-corrected chi connectivity index (χ1v) is 7.29. The molecule has 1 heterocycles. The highest BCUT2D eigenvalue weighted by Crippen LogP contribution is 2.24. The van der Waals surface area contributed by atoms with Gasteiger partial charge in [-0.3, -0.25) is 10.1 Å². The zero-order valence-corrected chi connectivity index (χ0v) is 12.6. The maximum atomic E-state index is 12.2. The third-order valence-corrected chi connectivity index (χ3v) is 3.58. The van der Waals surface area contributed by atoms with Gasteiger partial charge in [-0.15, -0.1) is 6.58 Å². The summed E-state index contributed by atoms with van der Waals surface area (Å²) in [5.41, 5.74) is -0.516. The van der Waals surface area contributed by atoms with E-state index in [0.29, 0.717) is 19.1 Å². The minimum atomic E-state index is -0.516. The van der Waals surface area contributed by atoms with Crippen LogP contribution in [0, 0.1) is 5.92 Å². The SMILES string of the molecule is C=CCNC1(C(=O)OCC)CCN(CC(C)C)CC1. The van der Waals surface area contributed by atoms with Gasteiger partial charge in [0.1, 0.15) is 5.54 Å². The highest BCUT2D eigenvalue weighted by Gasteiger charge is 2.41. The fraction of sp³-hybridized carbons (Fsp3) is 0.800. The zero-order valence-electron chi connectivity index (χ0n) is 12.6. The van der Waals surface area contributed by atoms with E-state index >= 15 is 0 Å². The van der Waals surface area contributed by atoms with Crippen LogP contribution in [0.15, 0.2) is 12.7 Å². The zero-order chi connectivity index (χ0) is 14.3. The van der Waals surface area contributed by atoms with Crippen molar-refractivity contribution in [1.82, 2.24) is 10.2 Å². The number of likely N-dealkylation sites (tertiary alicyclic amines) is 1. The molecule has 0 spiro atoms. The molecule has 1 aliphatic rings. The molecule has 0 aromatic rings. The molecule has 1 rings (SSSR count). The number of hydrogen-bond acceptors (Lipinski definition) is 4. The van der Waals surface area contributed by atoms with Gasteiger partial charge in [-0.1, -0.05) is 19.9 Å². The van der Waals surface area contributed by atoms with Gasteiger partial charge in [0.15, 0.2) is 0 Å². The number of hydrogen-bond donors (Lipinski definition) is 1. The second-order valence-electron chi connectivity index (χ2n) is 5.67. The molecule has 1 aliphatic heterocycles. The van der Waals surface area contributed by atoms with Crippen molar-refractivity contribution in [2.24, 2.45) is 5.92 Å². The molecular formula is C15H28N2O2. The lowest BCUT2D eigenvalue weighted by molar-refractivity contribution is -0.153. The summed E-state index contributed by atoms with van der Waals surface area (Å²) < 4.78 is 5.24. The molecule has 0 bridgehead atoms. The topological polar surface area (TPSA) is 41.6 Å². The third kappa shape index (κ3) is 4.62. The Hall–Kier alpha value is -0.870. The number of ether oxygens (including phenoxy) is 1. The van der Waals surface area contributed by atoms with E-state index in [1.807, 2.05) is 6.92 Å². The van der Waals surface area contributed by atoms with E-state index in [2.05, 4.69) is 30.6 Å². The highest BCUT2D eigenvalue weighted by molar-refractivity contribution is 5.81. The van der Waals surface area contributed by atoms with Gasteiger partial charge >= 0.3 is 5.97 Å². The maximum Gasteiger partial charge on any atom is 0.326 e. The predicted octanol–water partition coefficient (Wildman–Crippen LogP) is 1.82. The molecule has 0 aromatic heterocycles. The van der Waals surface area contributed by atoms with E-state index in [4.69, 9.17) is 4.74 Å². The average molecular weight is 268 g/mol. The molecule has 0 amide bonds. The number of rotatable bonds is 7. The lowest BCUT2D eigenvalue weighted by atomic mass is 9.87. The molecule has 1 N–H and O–H groups in total. The van der Waals surface area contributed by atoms with Crippen LogP contribution in [0.5, 0.6) is 0 Å². The van der Waals surface area contributed by atoms with Gasteiger partial charge < -0.3 is 9.64 Å². The Morgan fingerprint density at radius 2 is 2.11 bits per heavy atom. The van der Waals surface area contributed by atoms with E-state index in [1.165, 1.54) is 0 Å². The van der Waals surface area contributed by atoms with Crippen LogP contribution in [0.3, 0.4) is 0 Å². The first-order chi connectivity index (χ1) is 9.04. The Bertz CT molecular complexity index is 295. The molecule has 0 atom stereocenters. The minimum Gasteiger partial charge on any atom is -0.465 e. The van der Waals surface area contributed by atoms with E-state index in [0.717, 1.165) is 32.5 Å². The van der Waals surface area contributed by atoms with Crippen LogP contribution in [0.25, 0.3) is 0 Å². The average Bonchev–Trinajstić information content (AvgIpc) is 2.38. The van der Waals surface area contributed by atoms with Crippen molar-refractivity contribution >= 4 is 5.97 Å². The van der Waals surface area contributed by atoms with Gasteiger partial charge in [-0.25, -0.2) is 0 Å². The van der Waals surface area contributed by atoms with Crippen molar-refractivity contribution in [2.45, 2.75) is 39.2 Å². The summed E-state index contributed by atoms with van der Waals surface area (Å²) in [5.74, 6) is 0.553. The van der Waals surface area contributed by atoms with Gasteiger partial charge in [0.05, 0.1) is 6.61 Å². The standard InChI is InChI=1S/C15H28N2O2/c1-5-9-16-15(14(18)19-6-2)7-10-17(11-8-15)12-13(3)4/h5,13,16H,1,6-12H2,2-4H3. The Morgan fingerprint density at radius 3 is 2.58 bits per heavy atom. The fourth-order valence-corrected chi connectivity index (χ4v) is 2.62. The molecular weight excluding hydrogens is 240 g/mol. The number of carbonyl (C=O) groups is 1. The van der Waals surface area contributed by atoms with E-state index in [9.17, 15) is 4.79 Å². The maximum absolute atomic E-state index is 12.2. The number of esters is 1. The van der Waals surface area contributed by atoms with Crippen LogP contribution in [-0.4, -0.2) is 49.2 Å². The van der Waals surface area contributed by atoms with Crippen LogP contribution in [0.4, 0.5) is 0 Å². The van der Waals surface area contributed by atoms with Crippen LogP contribution in [0.1, 0.15) is 33.6 Å². The monoisotopic (exact) mass is 268 g/mol. The summed E-state index contributed by atoms with van der Waals surface area (Å²) in [6, 6.07) is 0. The first kappa shape index (κ1) is 16.2. The normalized spacial score (nSPS) is 19.4. The summed E-state index contributed by atoms with van der Waals surface area (Å²) in [5, 5.41) is 3.32. The largest absolute Gasteiger partial charge is 0.465 e.